The molecule has 11 nitrogen and oxygen atoms in total. The Hall–Kier alpha value is -5.94. The molecule has 244 valence electrons. The fraction of sp³-hybridized carbons (Fsp3) is 0.189. The summed E-state index contributed by atoms with van der Waals surface area (Å²) in [5, 5.41) is 14.8. The van der Waals surface area contributed by atoms with Gasteiger partial charge in [-0.15, -0.1) is 0 Å². The van der Waals surface area contributed by atoms with Gasteiger partial charge in [-0.2, -0.15) is 5.10 Å². The van der Waals surface area contributed by atoms with Gasteiger partial charge in [0.1, 0.15) is 17.4 Å². The van der Waals surface area contributed by atoms with Crippen LogP contribution in [0.3, 0.4) is 0 Å². The average Bonchev–Trinajstić information content (AvgIpc) is 3.46. The molecule has 11 heteroatoms. The van der Waals surface area contributed by atoms with Crippen molar-refractivity contribution in [2.24, 2.45) is 7.05 Å². The van der Waals surface area contributed by atoms with Crippen LogP contribution < -0.4 is 30.9 Å². The maximum atomic E-state index is 13.6. The van der Waals surface area contributed by atoms with Crippen LogP contribution in [0.1, 0.15) is 37.4 Å². The lowest BCUT2D eigenvalue weighted by molar-refractivity contribution is 0.102. The van der Waals surface area contributed by atoms with E-state index in [-0.39, 0.29) is 22.2 Å². The molecule has 0 saturated heterocycles. The van der Waals surface area contributed by atoms with Crippen molar-refractivity contribution in [3.63, 3.8) is 0 Å². The summed E-state index contributed by atoms with van der Waals surface area (Å²) in [6, 6.07) is 22.0. The molecule has 0 saturated carbocycles. The number of fused-ring (bicyclic) bond motifs is 2. The van der Waals surface area contributed by atoms with Crippen molar-refractivity contribution in [1.29, 1.82) is 0 Å². The minimum Gasteiger partial charge on any atom is -0.493 e. The third kappa shape index (κ3) is 6.76. The number of nitrogens with one attached hydrogen (secondary N) is 3. The van der Waals surface area contributed by atoms with Crippen molar-refractivity contribution < 1.29 is 23.5 Å². The van der Waals surface area contributed by atoms with Gasteiger partial charge in [-0.3, -0.25) is 19.1 Å². The summed E-state index contributed by atoms with van der Waals surface area (Å²) in [7, 11) is 4.83. The smallest absolute Gasteiger partial charge is 0.262 e. The van der Waals surface area contributed by atoms with Gasteiger partial charge in [0.15, 0.2) is 11.5 Å². The molecule has 0 aliphatic rings. The number of anilines is 2. The van der Waals surface area contributed by atoms with Crippen LogP contribution in [0.2, 0.25) is 0 Å². The van der Waals surface area contributed by atoms with Crippen LogP contribution in [0.25, 0.3) is 21.9 Å². The van der Waals surface area contributed by atoms with Gasteiger partial charge in [0, 0.05) is 30.7 Å². The van der Waals surface area contributed by atoms with Crippen molar-refractivity contribution in [1.82, 2.24) is 15.1 Å². The highest BCUT2D eigenvalue weighted by atomic mass is 16.5. The molecule has 0 aliphatic heterocycles. The Labute approximate surface area is 276 Å². The Morgan fingerprint density at radius 1 is 0.854 bits per heavy atom. The molecular formula is C37H35N5O6. The summed E-state index contributed by atoms with van der Waals surface area (Å²) < 4.78 is 18.2. The van der Waals surface area contributed by atoms with Gasteiger partial charge >= 0.3 is 0 Å². The highest BCUT2D eigenvalue weighted by Gasteiger charge is 2.22. The fourth-order valence-electron chi connectivity index (χ4n) is 5.50. The second-order valence-electron chi connectivity index (χ2n) is 11.4. The van der Waals surface area contributed by atoms with E-state index in [4.69, 9.17) is 13.9 Å². The van der Waals surface area contributed by atoms with E-state index < -0.39 is 17.2 Å². The number of nitrogens with zero attached hydrogens (tertiary/aromatic N) is 2. The lowest BCUT2D eigenvalue weighted by Crippen LogP contribution is -2.23. The summed E-state index contributed by atoms with van der Waals surface area (Å²) in [4.78, 5) is 40.1. The molecule has 0 radical (unpaired) electrons. The van der Waals surface area contributed by atoms with Gasteiger partial charge in [-0.05, 0) is 73.5 Å². The minimum absolute atomic E-state index is 0.111. The van der Waals surface area contributed by atoms with E-state index in [9.17, 15) is 14.4 Å². The second-order valence-corrected chi connectivity index (χ2v) is 11.4. The molecule has 2 aromatic heterocycles. The van der Waals surface area contributed by atoms with Crippen LogP contribution in [0.4, 0.5) is 11.4 Å². The quantitative estimate of drug-likeness (QED) is 0.150. The highest BCUT2D eigenvalue weighted by molar-refractivity contribution is 6.13. The van der Waals surface area contributed by atoms with Gasteiger partial charge in [0.05, 0.1) is 42.6 Å². The molecule has 0 aliphatic carbocycles. The number of carbonyl (C=O) groups is 2. The van der Waals surface area contributed by atoms with Crippen LogP contribution >= 0.6 is 0 Å². The number of benzene rings is 4. The predicted octanol–water partition coefficient (Wildman–Crippen LogP) is 5.84. The van der Waals surface area contributed by atoms with Crippen LogP contribution in [0.15, 0.2) is 94.5 Å². The lowest BCUT2D eigenvalue weighted by atomic mass is 10.1. The number of carbonyl (C=O) groups excluding carboxylic acids is 2. The first kappa shape index (κ1) is 32.0. The number of hydrogen-bond acceptors (Lipinski definition) is 8. The first-order valence-corrected chi connectivity index (χ1v) is 15.3. The normalized spacial score (nSPS) is 11.1. The van der Waals surface area contributed by atoms with Gasteiger partial charge in [0.25, 0.3) is 11.8 Å². The van der Waals surface area contributed by atoms with Crippen LogP contribution in [0.5, 0.6) is 11.5 Å². The highest BCUT2D eigenvalue weighted by Crippen LogP contribution is 2.34. The number of hydrogen-bond donors (Lipinski definition) is 3. The SMILES string of the molecule is COc1cc(NC(=O)c2coc3ccc(C)cc3c2=O)c(C(=O)Nc2ccc(CCNCc3ccc4c(cnn4C)c3)cc2)cc1OC. The molecule has 3 N–H and O–H groups in total. The Morgan fingerprint density at radius 3 is 2.35 bits per heavy atom. The molecule has 0 unspecified atom stereocenters. The molecule has 4 aromatic carbocycles. The molecular weight excluding hydrogens is 610 g/mol. The largest absolute Gasteiger partial charge is 0.493 e. The molecule has 48 heavy (non-hydrogen) atoms. The standard InChI is InChI=1S/C37H35N5O6/c1-22-5-12-32-28(15-22)35(43)29(21-48-32)37(45)41-30-18-34(47-4)33(46-3)17-27(30)36(44)40-26-9-6-23(7-10-26)13-14-38-19-24-8-11-31-25(16-24)20-39-42(31)2/h5-12,15-18,20-21,38H,13-14,19H2,1-4H3,(H,40,44)(H,41,45). The second kappa shape index (κ2) is 13.8. The number of methoxy groups -OCH3 is 2. The van der Waals surface area contributed by atoms with Crippen molar-refractivity contribution in [2.75, 3.05) is 31.4 Å². The third-order valence-electron chi connectivity index (χ3n) is 8.13. The number of amides is 2. The summed E-state index contributed by atoms with van der Waals surface area (Å²) in [6.07, 6.45) is 3.79. The van der Waals surface area contributed by atoms with Crippen molar-refractivity contribution >= 4 is 45.1 Å². The number of aromatic nitrogens is 2. The maximum absolute atomic E-state index is 13.6. The van der Waals surface area contributed by atoms with Crippen molar-refractivity contribution in [3.05, 3.63) is 123 Å². The minimum atomic E-state index is -0.732. The third-order valence-corrected chi connectivity index (χ3v) is 8.13. The molecule has 0 atom stereocenters. The number of ether oxygens (including phenoxy) is 2. The first-order valence-electron chi connectivity index (χ1n) is 15.3. The van der Waals surface area contributed by atoms with E-state index in [1.54, 1.807) is 12.1 Å². The van der Waals surface area contributed by atoms with E-state index in [2.05, 4.69) is 39.2 Å². The molecule has 2 amide bonds. The summed E-state index contributed by atoms with van der Waals surface area (Å²) in [5.74, 6) is -0.637. The van der Waals surface area contributed by atoms with E-state index in [1.807, 2.05) is 55.2 Å². The van der Waals surface area contributed by atoms with Gasteiger partial charge in [-0.25, -0.2) is 0 Å². The zero-order valence-corrected chi connectivity index (χ0v) is 27.0. The average molecular weight is 646 g/mol. The summed E-state index contributed by atoms with van der Waals surface area (Å²) in [5.41, 5.74) is 4.74. The zero-order chi connectivity index (χ0) is 33.8. The van der Waals surface area contributed by atoms with Gasteiger partial charge < -0.3 is 29.8 Å². The van der Waals surface area contributed by atoms with E-state index in [0.717, 1.165) is 47.8 Å². The van der Waals surface area contributed by atoms with Gasteiger partial charge in [-0.1, -0.05) is 29.8 Å². The zero-order valence-electron chi connectivity index (χ0n) is 27.0. The van der Waals surface area contributed by atoms with E-state index in [0.29, 0.717) is 22.8 Å². The molecule has 0 spiro atoms. The van der Waals surface area contributed by atoms with Crippen molar-refractivity contribution in [3.8, 4) is 11.5 Å². The topological polar surface area (TPSA) is 137 Å². The molecule has 0 fully saturated rings. The predicted molar refractivity (Wildman–Crippen MR) is 185 cm³/mol. The summed E-state index contributed by atoms with van der Waals surface area (Å²) in [6.45, 7) is 3.37. The molecule has 6 aromatic rings. The number of rotatable bonds is 11. The Bertz CT molecular complexity index is 2200. The maximum Gasteiger partial charge on any atom is 0.262 e. The van der Waals surface area contributed by atoms with Crippen molar-refractivity contribution in [2.45, 2.75) is 19.9 Å². The van der Waals surface area contributed by atoms with Crippen LogP contribution in [0, 0.1) is 6.92 Å². The first-order chi connectivity index (χ1) is 23.2. The van der Waals surface area contributed by atoms with E-state index in [1.165, 1.54) is 31.9 Å². The fourth-order valence-corrected chi connectivity index (χ4v) is 5.50. The molecule has 0 bridgehead atoms. The Kier molecular flexibility index (Phi) is 9.22. The van der Waals surface area contributed by atoms with Crippen LogP contribution in [-0.4, -0.2) is 42.4 Å². The van der Waals surface area contributed by atoms with E-state index >= 15 is 0 Å². The lowest BCUT2D eigenvalue weighted by Gasteiger charge is -2.16. The molecule has 6 rings (SSSR count). The Balaban J connectivity index is 1.13. The van der Waals surface area contributed by atoms with Gasteiger partial charge in [0.2, 0.25) is 5.43 Å². The number of aryl methyl sites for hydroxylation is 2. The Morgan fingerprint density at radius 2 is 1.58 bits per heavy atom. The summed E-state index contributed by atoms with van der Waals surface area (Å²) >= 11 is 0. The van der Waals surface area contributed by atoms with Crippen LogP contribution in [-0.2, 0) is 20.0 Å². The molecule has 2 heterocycles. The monoisotopic (exact) mass is 645 g/mol.